The largest absolute Gasteiger partial charge is 0.497 e. The molecule has 2 aromatic carbocycles. The van der Waals surface area contributed by atoms with Gasteiger partial charge in [-0.15, -0.1) is 11.3 Å². The van der Waals surface area contributed by atoms with Gasteiger partial charge in [0.1, 0.15) is 11.4 Å². The highest BCUT2D eigenvalue weighted by Crippen LogP contribution is 2.40. The van der Waals surface area contributed by atoms with Gasteiger partial charge in [0.2, 0.25) is 5.75 Å². The zero-order valence-electron chi connectivity index (χ0n) is 17.7. The molecule has 0 bridgehead atoms. The summed E-state index contributed by atoms with van der Waals surface area (Å²) in [5.74, 6) is 1.12. The normalized spacial score (nSPS) is 10.9. The van der Waals surface area contributed by atoms with Crippen molar-refractivity contribution in [1.82, 2.24) is 4.98 Å². The van der Waals surface area contributed by atoms with Crippen molar-refractivity contribution in [1.29, 1.82) is 0 Å². The Labute approximate surface area is 189 Å². The van der Waals surface area contributed by atoms with Crippen LogP contribution in [0.4, 0.5) is 10.8 Å². The van der Waals surface area contributed by atoms with Crippen molar-refractivity contribution in [3.05, 3.63) is 47.5 Å². The number of rotatable bonds is 9. The van der Waals surface area contributed by atoms with E-state index in [1.807, 2.05) is 0 Å². The number of sulfonamides is 1. The van der Waals surface area contributed by atoms with Crippen molar-refractivity contribution < 1.29 is 32.2 Å². The highest BCUT2D eigenvalue weighted by molar-refractivity contribution is 7.93. The van der Waals surface area contributed by atoms with Crippen LogP contribution in [0.5, 0.6) is 23.0 Å². The van der Waals surface area contributed by atoms with Crippen LogP contribution in [0.15, 0.2) is 46.7 Å². The Bertz CT molecular complexity index is 1180. The highest BCUT2D eigenvalue weighted by Gasteiger charge is 2.19. The topological polar surface area (TPSA) is 125 Å². The number of anilines is 2. The third kappa shape index (κ3) is 5.03. The van der Waals surface area contributed by atoms with Crippen molar-refractivity contribution in [3.8, 4) is 23.0 Å². The first kappa shape index (κ1) is 23.2. The van der Waals surface area contributed by atoms with Crippen molar-refractivity contribution in [2.24, 2.45) is 0 Å². The maximum atomic E-state index is 12.6. The molecule has 0 atom stereocenters. The van der Waals surface area contributed by atoms with Gasteiger partial charge in [0.25, 0.3) is 15.9 Å². The lowest BCUT2D eigenvalue weighted by molar-refractivity contribution is 0.102. The lowest BCUT2D eigenvalue weighted by atomic mass is 10.2. The van der Waals surface area contributed by atoms with Gasteiger partial charge in [0.15, 0.2) is 16.6 Å². The minimum Gasteiger partial charge on any atom is -0.497 e. The second-order valence-corrected chi connectivity index (χ2v) is 8.73. The lowest BCUT2D eigenvalue weighted by Crippen LogP contribution is -2.15. The number of hydrogen-bond donors (Lipinski definition) is 2. The van der Waals surface area contributed by atoms with Crippen molar-refractivity contribution >= 4 is 38.1 Å². The summed E-state index contributed by atoms with van der Waals surface area (Å²) in [6, 6.07) is 9.02. The molecule has 0 spiro atoms. The minimum atomic E-state index is -3.87. The molecular weight excluding hydrogens is 458 g/mol. The number of benzene rings is 2. The van der Waals surface area contributed by atoms with Crippen LogP contribution >= 0.6 is 11.3 Å². The van der Waals surface area contributed by atoms with E-state index in [1.54, 1.807) is 12.1 Å². The summed E-state index contributed by atoms with van der Waals surface area (Å²) in [7, 11) is 2.02. The lowest BCUT2D eigenvalue weighted by Gasteiger charge is -2.14. The molecule has 0 saturated carbocycles. The number of methoxy groups -OCH3 is 4. The number of carbonyl (C=O) groups excluding carboxylic acids is 1. The molecule has 0 aliphatic carbocycles. The Kier molecular flexibility index (Phi) is 7.05. The molecule has 1 amide bonds. The van der Waals surface area contributed by atoms with E-state index in [1.165, 1.54) is 58.1 Å². The van der Waals surface area contributed by atoms with Gasteiger partial charge < -0.3 is 24.3 Å². The van der Waals surface area contributed by atoms with Crippen LogP contribution in [-0.4, -0.2) is 47.7 Å². The predicted octanol–water partition coefficient (Wildman–Crippen LogP) is 3.23. The van der Waals surface area contributed by atoms with Gasteiger partial charge in [0, 0.05) is 23.2 Å². The maximum absolute atomic E-state index is 12.6. The highest BCUT2D eigenvalue weighted by atomic mass is 32.2. The van der Waals surface area contributed by atoms with Gasteiger partial charge >= 0.3 is 0 Å². The molecule has 12 heteroatoms. The van der Waals surface area contributed by atoms with E-state index in [-0.39, 0.29) is 15.7 Å². The quantitative estimate of drug-likeness (QED) is 0.479. The van der Waals surface area contributed by atoms with E-state index >= 15 is 0 Å². The number of nitrogens with one attached hydrogen (secondary N) is 2. The summed E-state index contributed by atoms with van der Waals surface area (Å²) in [6.45, 7) is 0. The molecule has 10 nitrogen and oxygen atoms in total. The smallest absolute Gasteiger partial charge is 0.275 e. The number of amides is 1. The van der Waals surface area contributed by atoms with E-state index in [0.29, 0.717) is 28.7 Å². The standard InChI is InChI=1S/C20H21N3O7S2/c1-27-13-5-7-14(8-6-13)32(25,26)23-20-22-15(11-31-20)19(24)21-12-9-16(28-2)18(30-4)17(10-12)29-3/h5-11H,1-4H3,(H,21,24)(H,22,23). The third-order valence-electron chi connectivity index (χ3n) is 4.25. The SMILES string of the molecule is COc1ccc(S(=O)(=O)Nc2nc(C(=O)Nc3cc(OC)c(OC)c(OC)c3)cs2)cc1. The molecule has 0 radical (unpaired) electrons. The second-order valence-electron chi connectivity index (χ2n) is 6.19. The van der Waals surface area contributed by atoms with Gasteiger partial charge in [-0.05, 0) is 24.3 Å². The number of ether oxygens (including phenoxy) is 4. The fourth-order valence-corrected chi connectivity index (χ4v) is 4.65. The average Bonchev–Trinajstić information content (AvgIpc) is 3.26. The molecule has 0 aliphatic rings. The average molecular weight is 480 g/mol. The van der Waals surface area contributed by atoms with E-state index in [2.05, 4.69) is 15.0 Å². The Morgan fingerprint density at radius 1 is 0.938 bits per heavy atom. The monoisotopic (exact) mass is 479 g/mol. The van der Waals surface area contributed by atoms with E-state index in [9.17, 15) is 13.2 Å². The predicted molar refractivity (Wildman–Crippen MR) is 120 cm³/mol. The summed E-state index contributed by atoms with van der Waals surface area (Å²) in [4.78, 5) is 16.7. The van der Waals surface area contributed by atoms with Gasteiger partial charge in [-0.2, -0.15) is 0 Å². The molecule has 0 aliphatic heterocycles. The zero-order valence-corrected chi connectivity index (χ0v) is 19.3. The van der Waals surface area contributed by atoms with Crippen LogP contribution in [0.3, 0.4) is 0 Å². The fraction of sp³-hybridized carbons (Fsp3) is 0.200. The molecule has 0 saturated heterocycles. The van der Waals surface area contributed by atoms with Gasteiger partial charge in [-0.25, -0.2) is 13.4 Å². The second kappa shape index (κ2) is 9.75. The molecule has 3 rings (SSSR count). The Balaban J connectivity index is 1.76. The molecule has 3 aromatic rings. The first-order valence-corrected chi connectivity index (χ1v) is 11.4. The van der Waals surface area contributed by atoms with Gasteiger partial charge in [0.05, 0.1) is 33.3 Å². The number of carbonyl (C=O) groups is 1. The summed E-state index contributed by atoms with van der Waals surface area (Å²) < 4.78 is 48.3. The number of aromatic nitrogens is 1. The molecule has 2 N–H and O–H groups in total. The van der Waals surface area contributed by atoms with E-state index in [0.717, 1.165) is 11.3 Å². The summed E-state index contributed by atoms with van der Waals surface area (Å²) >= 11 is 0.983. The third-order valence-corrected chi connectivity index (χ3v) is 6.49. The molecule has 0 fully saturated rings. The van der Waals surface area contributed by atoms with Gasteiger partial charge in [-0.3, -0.25) is 9.52 Å². The summed E-state index contributed by atoms with van der Waals surface area (Å²) in [6.07, 6.45) is 0. The van der Waals surface area contributed by atoms with Gasteiger partial charge in [-0.1, -0.05) is 0 Å². The van der Waals surface area contributed by atoms with Crippen LogP contribution in [0.25, 0.3) is 0 Å². The molecule has 32 heavy (non-hydrogen) atoms. The summed E-state index contributed by atoms with van der Waals surface area (Å²) in [5.41, 5.74) is 0.425. The van der Waals surface area contributed by atoms with Crippen LogP contribution in [-0.2, 0) is 10.0 Å². The summed E-state index contributed by atoms with van der Waals surface area (Å²) in [5, 5.41) is 4.17. The first-order valence-electron chi connectivity index (χ1n) is 9.05. The van der Waals surface area contributed by atoms with Crippen LogP contribution < -0.4 is 29.0 Å². The molecular formula is C20H21N3O7S2. The number of hydrogen-bond acceptors (Lipinski definition) is 9. The Hall–Kier alpha value is -3.51. The first-order chi connectivity index (χ1) is 15.3. The zero-order chi connectivity index (χ0) is 23.3. The van der Waals surface area contributed by atoms with Crippen LogP contribution in [0.2, 0.25) is 0 Å². The molecule has 1 aromatic heterocycles. The number of thiazole rings is 1. The van der Waals surface area contributed by atoms with Crippen molar-refractivity contribution in [2.75, 3.05) is 38.5 Å². The van der Waals surface area contributed by atoms with Crippen LogP contribution in [0.1, 0.15) is 10.5 Å². The minimum absolute atomic E-state index is 0.0381. The number of nitrogens with zero attached hydrogens (tertiary/aromatic N) is 1. The fourth-order valence-electron chi connectivity index (χ4n) is 2.70. The van der Waals surface area contributed by atoms with E-state index < -0.39 is 15.9 Å². The molecule has 1 heterocycles. The maximum Gasteiger partial charge on any atom is 0.275 e. The Morgan fingerprint density at radius 2 is 1.56 bits per heavy atom. The molecule has 170 valence electrons. The van der Waals surface area contributed by atoms with Crippen molar-refractivity contribution in [3.63, 3.8) is 0 Å². The Morgan fingerprint density at radius 3 is 2.09 bits per heavy atom. The van der Waals surface area contributed by atoms with Crippen molar-refractivity contribution in [2.45, 2.75) is 4.90 Å². The molecule has 0 unspecified atom stereocenters. The van der Waals surface area contributed by atoms with E-state index in [4.69, 9.17) is 18.9 Å². The van der Waals surface area contributed by atoms with Crippen LogP contribution in [0, 0.1) is 0 Å².